The van der Waals surface area contributed by atoms with Crippen molar-refractivity contribution in [3.05, 3.63) is 272 Å². The quantitative estimate of drug-likeness (QED) is 0.147. The third kappa shape index (κ3) is 6.77. The van der Waals surface area contributed by atoms with Gasteiger partial charge in [-0.2, -0.15) is 5.26 Å². The lowest BCUT2D eigenvalue weighted by atomic mass is 9.88. The molecular weight excluding hydrogens is 1010 g/mol. The van der Waals surface area contributed by atoms with Gasteiger partial charge in [-0.3, -0.25) is 0 Å². The Hall–Kier alpha value is -10.3. The smallest absolute Gasteiger partial charge is 0.220 e. The summed E-state index contributed by atoms with van der Waals surface area (Å²) in [5.74, 6) is 0. The largest absolute Gasteiger partial charge is 0.316 e. The van der Waals surface area contributed by atoms with Gasteiger partial charge in [0.1, 0.15) is 6.07 Å². The van der Waals surface area contributed by atoms with Crippen molar-refractivity contribution in [1.82, 2.24) is 9.13 Å². The number of thiophene rings is 2. The molecule has 4 nitrogen and oxygen atoms in total. The average molecular weight is 1050 g/mol. The molecule has 16 rings (SSSR count). The van der Waals surface area contributed by atoms with Crippen molar-refractivity contribution in [2.24, 2.45) is 0 Å². The van der Waals surface area contributed by atoms with Crippen LogP contribution in [-0.4, -0.2) is 9.13 Å². The van der Waals surface area contributed by atoms with Gasteiger partial charge in [0.15, 0.2) is 0 Å². The van der Waals surface area contributed by atoms with Crippen LogP contribution >= 0.6 is 22.7 Å². The van der Waals surface area contributed by atoms with Crippen molar-refractivity contribution in [2.75, 3.05) is 0 Å². The van der Waals surface area contributed by atoms with Crippen molar-refractivity contribution in [3.8, 4) is 73.1 Å². The van der Waals surface area contributed by atoms with Gasteiger partial charge in [-0.1, -0.05) is 224 Å². The number of fused-ring (bicyclic) bond motifs is 14. The SMILES string of the molecule is [C-]#[N+]c1c(-c2ccccc2)c(C#N)c(-n2c3ccc(-c4ccccc4)cc3c3cc(-c4ccccc4)ccc32)c(-c2ccccc2)c1-n1c2c(ccc3c4ccccc4sc32)c2ccc3c4cccc(-c5ccccc5)c4sc3c21. The first-order chi connectivity index (χ1) is 39.6. The average Bonchev–Trinajstić information content (AvgIpc) is 4.42. The first-order valence-corrected chi connectivity index (χ1v) is 28.4. The highest BCUT2D eigenvalue weighted by Gasteiger charge is 2.33. The Morgan fingerprint density at radius 1 is 0.350 bits per heavy atom. The van der Waals surface area contributed by atoms with Gasteiger partial charge in [0.25, 0.3) is 0 Å². The van der Waals surface area contributed by atoms with E-state index >= 15 is 0 Å². The maximum Gasteiger partial charge on any atom is 0.220 e. The van der Waals surface area contributed by atoms with Crippen molar-refractivity contribution in [1.29, 1.82) is 5.26 Å². The summed E-state index contributed by atoms with van der Waals surface area (Å²) in [6, 6.07) is 93.3. The van der Waals surface area contributed by atoms with E-state index in [4.69, 9.17) is 4.85 Å². The molecule has 0 N–H and O–H groups in total. The second-order valence-corrected chi connectivity index (χ2v) is 22.5. The van der Waals surface area contributed by atoms with Crippen LogP contribution in [0.2, 0.25) is 0 Å². The highest BCUT2D eigenvalue weighted by molar-refractivity contribution is 7.27. The Bertz CT molecular complexity index is 5190. The monoisotopic (exact) mass is 1050 g/mol. The molecule has 370 valence electrons. The van der Waals surface area contributed by atoms with Crippen LogP contribution in [-0.2, 0) is 0 Å². The van der Waals surface area contributed by atoms with Gasteiger partial charge in [-0.15, -0.1) is 22.7 Å². The lowest BCUT2D eigenvalue weighted by Crippen LogP contribution is -2.09. The molecule has 0 aliphatic heterocycles. The molecule has 0 radical (unpaired) electrons. The standard InChI is InChI=1S/C74H42N4S2/c1-76-67-65(48-26-13-5-14-27-48)61(44-75)68(77-62-40-34-50(45-20-7-2-8-21-45)42-59(62)60-43-51(35-41-63(60)77)46-22-9-3-10-23-46)66(49-28-15-6-16-29-49)71(67)78-69-54(36-38-57-53-30-17-18-33-64(53)79-73(57)69)55-37-39-58-56-32-19-31-52(47-24-11-4-12-25-47)72(56)80-74(58)70(55)78/h2-43H. The van der Waals surface area contributed by atoms with Gasteiger partial charge < -0.3 is 9.13 Å². The zero-order valence-corrected chi connectivity index (χ0v) is 44.5. The number of rotatable bonds is 7. The molecule has 6 heteroatoms. The summed E-state index contributed by atoms with van der Waals surface area (Å²) in [6.07, 6.45) is 0. The molecule has 0 saturated carbocycles. The van der Waals surface area contributed by atoms with Crippen molar-refractivity contribution in [3.63, 3.8) is 0 Å². The van der Waals surface area contributed by atoms with Crippen LogP contribution in [0.15, 0.2) is 255 Å². The second-order valence-electron chi connectivity index (χ2n) is 20.4. The van der Waals surface area contributed by atoms with Crippen LogP contribution in [0, 0.1) is 17.9 Å². The predicted molar refractivity (Wildman–Crippen MR) is 339 cm³/mol. The van der Waals surface area contributed by atoms with Crippen LogP contribution in [0.4, 0.5) is 5.69 Å². The lowest BCUT2D eigenvalue weighted by molar-refractivity contribution is 1.14. The Morgan fingerprint density at radius 3 is 1.38 bits per heavy atom. The highest BCUT2D eigenvalue weighted by atomic mass is 32.1. The third-order valence-electron chi connectivity index (χ3n) is 16.2. The number of hydrogen-bond donors (Lipinski definition) is 0. The maximum atomic E-state index is 12.2. The molecule has 0 unspecified atom stereocenters. The molecule has 4 heterocycles. The van der Waals surface area contributed by atoms with Crippen molar-refractivity contribution >= 4 is 112 Å². The Balaban J connectivity index is 1.16. The molecular formula is C74H42N4S2. The van der Waals surface area contributed by atoms with Crippen molar-refractivity contribution < 1.29 is 0 Å². The molecule has 0 bridgehead atoms. The maximum absolute atomic E-state index is 12.2. The summed E-state index contributed by atoms with van der Waals surface area (Å²) < 4.78 is 9.47. The van der Waals surface area contributed by atoms with E-state index in [0.29, 0.717) is 22.5 Å². The molecule has 12 aromatic carbocycles. The van der Waals surface area contributed by atoms with E-state index in [2.05, 4.69) is 246 Å². The van der Waals surface area contributed by atoms with E-state index in [1.165, 1.54) is 25.7 Å². The van der Waals surface area contributed by atoms with E-state index in [9.17, 15) is 11.8 Å². The number of hydrogen-bond acceptors (Lipinski definition) is 3. The first kappa shape index (κ1) is 45.8. The fourth-order valence-electron chi connectivity index (χ4n) is 12.7. The summed E-state index contributed by atoms with van der Waals surface area (Å²) in [5.41, 5.74) is 16.1. The Labute approximate surface area is 468 Å². The molecule has 0 aliphatic carbocycles. The van der Waals surface area contributed by atoms with Crippen LogP contribution in [0.1, 0.15) is 5.56 Å². The molecule has 80 heavy (non-hydrogen) atoms. The van der Waals surface area contributed by atoms with E-state index in [0.717, 1.165) is 114 Å². The normalized spacial score (nSPS) is 11.7. The van der Waals surface area contributed by atoms with Gasteiger partial charge in [0.05, 0.1) is 55.0 Å². The lowest BCUT2D eigenvalue weighted by Gasteiger charge is -2.26. The molecule has 0 fully saturated rings. The summed E-state index contributed by atoms with van der Waals surface area (Å²) in [6.45, 7) is 9.67. The predicted octanol–water partition coefficient (Wildman–Crippen LogP) is 21.4. The van der Waals surface area contributed by atoms with Gasteiger partial charge in [-0.05, 0) is 74.8 Å². The molecule has 0 aliphatic rings. The molecule has 16 aromatic rings. The molecule has 0 spiro atoms. The van der Waals surface area contributed by atoms with E-state index in [1.54, 1.807) is 11.3 Å². The van der Waals surface area contributed by atoms with Crippen molar-refractivity contribution in [2.45, 2.75) is 0 Å². The zero-order valence-electron chi connectivity index (χ0n) is 42.9. The first-order valence-electron chi connectivity index (χ1n) is 26.8. The fraction of sp³-hybridized carbons (Fsp3) is 0. The second kappa shape index (κ2) is 18.1. The molecule has 0 saturated heterocycles. The number of nitriles is 1. The number of aromatic nitrogens is 2. The minimum Gasteiger partial charge on any atom is -0.316 e. The van der Waals surface area contributed by atoms with Crippen LogP contribution in [0.25, 0.3) is 156 Å². The van der Waals surface area contributed by atoms with Crippen LogP contribution < -0.4 is 0 Å². The Kier molecular flexibility index (Phi) is 10.4. The summed E-state index contributed by atoms with van der Waals surface area (Å²) in [7, 11) is 0. The molecule has 0 atom stereocenters. The zero-order chi connectivity index (χ0) is 53.0. The number of benzene rings is 12. The highest BCUT2D eigenvalue weighted by Crippen LogP contribution is 2.55. The minimum absolute atomic E-state index is 0.411. The summed E-state index contributed by atoms with van der Waals surface area (Å²) >= 11 is 3.62. The van der Waals surface area contributed by atoms with Gasteiger partial charge in [0, 0.05) is 63.6 Å². The minimum atomic E-state index is 0.411. The number of nitrogens with zero attached hydrogens (tertiary/aromatic N) is 4. The van der Waals surface area contributed by atoms with Crippen LogP contribution in [0.3, 0.4) is 0 Å². The summed E-state index contributed by atoms with van der Waals surface area (Å²) in [4.78, 5) is 4.72. The van der Waals surface area contributed by atoms with Gasteiger partial charge in [0.2, 0.25) is 5.69 Å². The fourth-order valence-corrected chi connectivity index (χ4v) is 15.3. The van der Waals surface area contributed by atoms with Gasteiger partial charge >= 0.3 is 0 Å². The van der Waals surface area contributed by atoms with Gasteiger partial charge in [-0.25, -0.2) is 4.85 Å². The van der Waals surface area contributed by atoms with E-state index in [-0.39, 0.29) is 0 Å². The molecule has 0 amide bonds. The summed E-state index contributed by atoms with van der Waals surface area (Å²) in [5, 5.41) is 21.3. The topological polar surface area (TPSA) is 38.0 Å². The third-order valence-corrected chi connectivity index (χ3v) is 18.6. The van der Waals surface area contributed by atoms with E-state index in [1.807, 2.05) is 35.6 Å². The molecule has 4 aromatic heterocycles. The Morgan fingerprint density at radius 2 is 0.812 bits per heavy atom. The van der Waals surface area contributed by atoms with Crippen LogP contribution in [0.5, 0.6) is 0 Å². The van der Waals surface area contributed by atoms with E-state index < -0.39 is 0 Å².